The van der Waals surface area contributed by atoms with Gasteiger partial charge in [0.25, 0.3) is 11.7 Å². The molecule has 0 bridgehead atoms. The minimum atomic E-state index is -1.32. The molecule has 2 aliphatic heterocycles. The van der Waals surface area contributed by atoms with Crippen LogP contribution in [0.25, 0.3) is 0 Å². The third-order valence-corrected chi connectivity index (χ3v) is 4.95. The third-order valence-electron chi connectivity index (χ3n) is 4.95. The molecule has 0 saturated carbocycles. The highest BCUT2D eigenvalue weighted by Gasteiger charge is 2.56. The average molecular weight is 365 g/mol. The average Bonchev–Trinajstić information content (AvgIpc) is 3.22. The van der Waals surface area contributed by atoms with Gasteiger partial charge in [0.2, 0.25) is 0 Å². The second-order valence-corrected chi connectivity index (χ2v) is 6.89. The molecule has 0 radical (unpaired) electrons. The number of aryl methyl sites for hydroxylation is 2. The van der Waals surface area contributed by atoms with Crippen molar-refractivity contribution in [3.05, 3.63) is 71.3 Å². The van der Waals surface area contributed by atoms with E-state index in [1.54, 1.807) is 11.0 Å². The number of amides is 1. The summed E-state index contributed by atoms with van der Waals surface area (Å²) in [5, 5.41) is 0. The Kier molecular flexibility index (Phi) is 4.50. The highest BCUT2D eigenvalue weighted by molar-refractivity contribution is 6.07. The Hall–Kier alpha value is -2.63. The third kappa shape index (κ3) is 2.83. The van der Waals surface area contributed by atoms with Gasteiger partial charge >= 0.3 is 0 Å². The number of carbonyl (C=O) groups is 1. The Morgan fingerprint density at radius 3 is 2.70 bits per heavy atom. The van der Waals surface area contributed by atoms with Gasteiger partial charge in [-0.15, -0.1) is 0 Å². The number of benzene rings is 2. The van der Waals surface area contributed by atoms with Gasteiger partial charge in [0, 0.05) is 11.1 Å². The number of hydrogen-bond donors (Lipinski definition) is 0. The van der Waals surface area contributed by atoms with Crippen molar-refractivity contribution in [3.63, 3.8) is 0 Å². The lowest BCUT2D eigenvalue weighted by Crippen LogP contribution is -2.41. The molecular weight excluding hydrogens is 342 g/mol. The fraction of sp³-hybridized carbons (Fsp3) is 0.318. The number of para-hydroxylation sites is 1. The van der Waals surface area contributed by atoms with E-state index in [1.165, 1.54) is 0 Å². The summed E-state index contributed by atoms with van der Waals surface area (Å²) in [6.07, 6.45) is 1.70. The van der Waals surface area contributed by atoms with E-state index >= 15 is 0 Å². The van der Waals surface area contributed by atoms with Gasteiger partial charge in [0.05, 0.1) is 25.4 Å². The van der Waals surface area contributed by atoms with Crippen LogP contribution in [0, 0.1) is 13.8 Å². The molecule has 5 heteroatoms. The fourth-order valence-electron chi connectivity index (χ4n) is 3.90. The molecule has 0 atom stereocenters. The fourth-order valence-corrected chi connectivity index (χ4v) is 3.90. The molecule has 2 aromatic carbocycles. The standard InChI is InChI=1S/C22H23NO4/c1-4-9-25-19-8-6-5-7-17(19)14-23-20-16(3)12-15(2)13-18(20)22(21(23)24)26-10-11-27-22/h4-8,12-13H,1,9-11,14H2,2-3H3. The zero-order valence-electron chi connectivity index (χ0n) is 15.7. The molecule has 2 aromatic rings. The number of rotatable bonds is 5. The van der Waals surface area contributed by atoms with Crippen molar-refractivity contribution >= 4 is 11.6 Å². The van der Waals surface area contributed by atoms with Crippen molar-refractivity contribution < 1.29 is 19.0 Å². The second kappa shape index (κ2) is 6.83. The zero-order chi connectivity index (χ0) is 19.0. The van der Waals surface area contributed by atoms with Crippen LogP contribution in [0.5, 0.6) is 5.75 Å². The summed E-state index contributed by atoms with van der Waals surface area (Å²) in [5.41, 5.74) is 4.69. The lowest BCUT2D eigenvalue weighted by molar-refractivity contribution is -0.180. The van der Waals surface area contributed by atoms with E-state index in [-0.39, 0.29) is 5.91 Å². The van der Waals surface area contributed by atoms with E-state index in [2.05, 4.69) is 12.6 Å². The van der Waals surface area contributed by atoms with Crippen LogP contribution in [0.4, 0.5) is 5.69 Å². The first kappa shape index (κ1) is 17.8. The number of fused-ring (bicyclic) bond motifs is 2. The maximum Gasteiger partial charge on any atom is 0.292 e. The molecular formula is C22H23NO4. The Morgan fingerprint density at radius 2 is 1.96 bits per heavy atom. The molecule has 0 unspecified atom stereocenters. The Balaban J connectivity index is 1.77. The van der Waals surface area contributed by atoms with Crippen LogP contribution < -0.4 is 9.64 Å². The highest BCUT2D eigenvalue weighted by Crippen LogP contribution is 2.48. The monoisotopic (exact) mass is 365 g/mol. The largest absolute Gasteiger partial charge is 0.489 e. The number of ether oxygens (including phenoxy) is 3. The predicted octanol–water partition coefficient (Wildman–Crippen LogP) is 3.61. The van der Waals surface area contributed by atoms with E-state index in [4.69, 9.17) is 14.2 Å². The summed E-state index contributed by atoms with van der Waals surface area (Å²) in [4.78, 5) is 15.2. The second-order valence-electron chi connectivity index (χ2n) is 6.89. The molecule has 2 heterocycles. The SMILES string of the molecule is C=CCOc1ccccc1CN1C(=O)C2(OCCO2)c2cc(C)cc(C)c21. The molecule has 27 heavy (non-hydrogen) atoms. The number of hydrogen-bond acceptors (Lipinski definition) is 4. The Morgan fingerprint density at radius 1 is 1.22 bits per heavy atom. The molecule has 0 aromatic heterocycles. The predicted molar refractivity (Wildman–Crippen MR) is 103 cm³/mol. The minimum Gasteiger partial charge on any atom is -0.489 e. The molecule has 1 saturated heterocycles. The molecule has 1 fully saturated rings. The molecule has 0 N–H and O–H groups in total. The van der Waals surface area contributed by atoms with Crippen LogP contribution in [-0.2, 0) is 26.6 Å². The topological polar surface area (TPSA) is 48.0 Å². The van der Waals surface area contributed by atoms with Crippen LogP contribution in [0.15, 0.2) is 49.1 Å². The van der Waals surface area contributed by atoms with Gasteiger partial charge in [-0.25, -0.2) is 0 Å². The maximum atomic E-state index is 13.4. The van der Waals surface area contributed by atoms with Crippen molar-refractivity contribution in [2.24, 2.45) is 0 Å². The number of carbonyl (C=O) groups excluding carboxylic acids is 1. The normalized spacial score (nSPS) is 17.4. The lowest BCUT2D eigenvalue weighted by atomic mass is 10.0. The van der Waals surface area contributed by atoms with Gasteiger partial charge < -0.3 is 19.1 Å². The van der Waals surface area contributed by atoms with Gasteiger partial charge in [0.1, 0.15) is 12.4 Å². The Labute approximate surface area is 159 Å². The maximum absolute atomic E-state index is 13.4. The first-order valence-electron chi connectivity index (χ1n) is 9.10. The summed E-state index contributed by atoms with van der Waals surface area (Å²) < 4.78 is 17.5. The van der Waals surface area contributed by atoms with Gasteiger partial charge in [-0.05, 0) is 31.5 Å². The van der Waals surface area contributed by atoms with E-state index < -0.39 is 5.79 Å². The summed E-state index contributed by atoms with van der Waals surface area (Å²) in [6, 6.07) is 11.8. The molecule has 4 rings (SSSR count). The van der Waals surface area contributed by atoms with E-state index in [9.17, 15) is 4.79 Å². The molecule has 1 spiro atoms. The molecule has 140 valence electrons. The van der Waals surface area contributed by atoms with Gasteiger partial charge in [-0.2, -0.15) is 0 Å². The smallest absolute Gasteiger partial charge is 0.292 e. The van der Waals surface area contributed by atoms with E-state index in [0.29, 0.717) is 26.4 Å². The quantitative estimate of drug-likeness (QED) is 0.760. The van der Waals surface area contributed by atoms with E-state index in [0.717, 1.165) is 33.7 Å². The highest BCUT2D eigenvalue weighted by atomic mass is 16.7. The number of nitrogens with zero attached hydrogens (tertiary/aromatic N) is 1. The summed E-state index contributed by atoms with van der Waals surface area (Å²) in [6.45, 7) is 9.34. The van der Waals surface area contributed by atoms with Crippen molar-refractivity contribution in [2.45, 2.75) is 26.2 Å². The molecule has 0 aliphatic carbocycles. The summed E-state index contributed by atoms with van der Waals surface area (Å²) in [5.74, 6) is -0.754. The first-order chi connectivity index (χ1) is 13.1. The van der Waals surface area contributed by atoms with Crippen molar-refractivity contribution in [1.82, 2.24) is 0 Å². The van der Waals surface area contributed by atoms with Gasteiger partial charge in [0.15, 0.2) is 0 Å². The van der Waals surface area contributed by atoms with Crippen molar-refractivity contribution in [2.75, 3.05) is 24.7 Å². The van der Waals surface area contributed by atoms with Crippen LogP contribution in [-0.4, -0.2) is 25.7 Å². The summed E-state index contributed by atoms with van der Waals surface area (Å²) >= 11 is 0. The van der Waals surface area contributed by atoms with Crippen molar-refractivity contribution in [1.29, 1.82) is 0 Å². The first-order valence-corrected chi connectivity index (χ1v) is 9.10. The van der Waals surface area contributed by atoms with Crippen LogP contribution in [0.1, 0.15) is 22.3 Å². The molecule has 5 nitrogen and oxygen atoms in total. The lowest BCUT2D eigenvalue weighted by Gasteiger charge is -2.23. The number of anilines is 1. The van der Waals surface area contributed by atoms with Crippen molar-refractivity contribution in [3.8, 4) is 5.75 Å². The zero-order valence-corrected chi connectivity index (χ0v) is 15.7. The van der Waals surface area contributed by atoms with Gasteiger partial charge in [-0.1, -0.05) is 42.5 Å². The minimum absolute atomic E-state index is 0.178. The van der Waals surface area contributed by atoms with Crippen LogP contribution >= 0.6 is 0 Å². The summed E-state index contributed by atoms with van der Waals surface area (Å²) in [7, 11) is 0. The Bertz CT molecular complexity index is 899. The van der Waals surface area contributed by atoms with Crippen LogP contribution in [0.2, 0.25) is 0 Å². The van der Waals surface area contributed by atoms with Crippen LogP contribution in [0.3, 0.4) is 0 Å². The van der Waals surface area contributed by atoms with E-state index in [1.807, 2.05) is 44.2 Å². The van der Waals surface area contributed by atoms with Gasteiger partial charge in [-0.3, -0.25) is 4.79 Å². The molecule has 1 amide bonds. The molecule has 2 aliphatic rings.